The number of nitrogens with two attached hydrogens (primary N) is 2. The molecule has 0 amide bonds. The summed E-state index contributed by atoms with van der Waals surface area (Å²) in [5.74, 6) is 3.16. The largest absolute Gasteiger partial charge is 0.457 e. The molecule has 6 N–H and O–H groups in total. The zero-order valence-electron chi connectivity index (χ0n) is 24.2. The summed E-state index contributed by atoms with van der Waals surface area (Å²) in [5.41, 5.74) is 20.6. The van der Waals surface area contributed by atoms with Gasteiger partial charge in [0.15, 0.2) is 0 Å². The van der Waals surface area contributed by atoms with Crippen LogP contribution in [0, 0.1) is 13.8 Å². The van der Waals surface area contributed by atoms with E-state index >= 15 is 0 Å². The highest BCUT2D eigenvalue weighted by Crippen LogP contribution is 2.24. The first-order valence-electron chi connectivity index (χ1n) is 14.2. The quantitative estimate of drug-likeness (QED) is 0.118. The van der Waals surface area contributed by atoms with Gasteiger partial charge in [0, 0.05) is 37.6 Å². The van der Waals surface area contributed by atoms with Gasteiger partial charge in [-0.25, -0.2) is 0 Å². The Morgan fingerprint density at radius 1 is 0.452 bits per heavy atom. The van der Waals surface area contributed by atoms with Crippen LogP contribution in [0.2, 0.25) is 0 Å². The SMILES string of the molecule is Cc1cc(CNCc2ccc(Oc3ccc(N)cc3)cc2)c(C)cc1CNCc1ccc(Oc2ccc(N)cc2)cc1. The first-order chi connectivity index (χ1) is 20.4. The van der Waals surface area contributed by atoms with E-state index in [-0.39, 0.29) is 0 Å². The third-order valence-electron chi connectivity index (χ3n) is 7.16. The summed E-state index contributed by atoms with van der Waals surface area (Å²) < 4.78 is 11.8. The van der Waals surface area contributed by atoms with Gasteiger partial charge in [0.25, 0.3) is 0 Å². The fourth-order valence-corrected chi connectivity index (χ4v) is 4.69. The van der Waals surface area contributed by atoms with Crippen molar-refractivity contribution in [1.82, 2.24) is 10.6 Å². The molecule has 0 unspecified atom stereocenters. The maximum Gasteiger partial charge on any atom is 0.127 e. The molecule has 0 aliphatic rings. The van der Waals surface area contributed by atoms with Crippen molar-refractivity contribution < 1.29 is 9.47 Å². The van der Waals surface area contributed by atoms with Crippen LogP contribution in [0.3, 0.4) is 0 Å². The molecule has 0 aliphatic carbocycles. The average Bonchev–Trinajstić information content (AvgIpc) is 2.99. The molecule has 6 heteroatoms. The molecule has 0 bridgehead atoms. The maximum atomic E-state index is 5.89. The summed E-state index contributed by atoms with van der Waals surface area (Å²) in [6.07, 6.45) is 0. The van der Waals surface area contributed by atoms with Crippen LogP contribution < -0.4 is 31.6 Å². The second-order valence-electron chi connectivity index (χ2n) is 10.5. The molecule has 0 aromatic heterocycles. The second kappa shape index (κ2) is 13.7. The first kappa shape index (κ1) is 28.7. The Balaban J connectivity index is 1.06. The van der Waals surface area contributed by atoms with Crippen molar-refractivity contribution in [3.63, 3.8) is 0 Å². The van der Waals surface area contributed by atoms with Gasteiger partial charge in [-0.1, -0.05) is 36.4 Å². The highest BCUT2D eigenvalue weighted by Gasteiger charge is 2.06. The molecule has 5 aromatic rings. The molecule has 5 rings (SSSR count). The minimum atomic E-state index is 0.723. The number of hydrogen-bond donors (Lipinski definition) is 4. The van der Waals surface area contributed by atoms with Crippen LogP contribution >= 0.6 is 0 Å². The summed E-state index contributed by atoms with van der Waals surface area (Å²) in [6, 6.07) is 35.8. The topological polar surface area (TPSA) is 94.6 Å². The molecule has 0 saturated heterocycles. The molecule has 6 nitrogen and oxygen atoms in total. The number of ether oxygens (including phenoxy) is 2. The predicted molar refractivity (Wildman–Crippen MR) is 172 cm³/mol. The summed E-state index contributed by atoms with van der Waals surface area (Å²) in [6.45, 7) is 7.57. The van der Waals surface area contributed by atoms with Crippen LogP contribution in [0.5, 0.6) is 23.0 Å². The predicted octanol–water partition coefficient (Wildman–Crippen LogP) is 7.63. The van der Waals surface area contributed by atoms with Crippen LogP contribution in [-0.4, -0.2) is 0 Å². The first-order valence-corrected chi connectivity index (χ1v) is 14.2. The van der Waals surface area contributed by atoms with E-state index in [1.165, 1.54) is 33.4 Å². The van der Waals surface area contributed by atoms with Gasteiger partial charge < -0.3 is 31.6 Å². The minimum Gasteiger partial charge on any atom is -0.457 e. The van der Waals surface area contributed by atoms with E-state index in [4.69, 9.17) is 20.9 Å². The van der Waals surface area contributed by atoms with Gasteiger partial charge in [0.1, 0.15) is 23.0 Å². The highest BCUT2D eigenvalue weighted by atomic mass is 16.5. The van der Waals surface area contributed by atoms with Crippen LogP contribution in [-0.2, 0) is 26.2 Å². The molecule has 0 aliphatic heterocycles. The van der Waals surface area contributed by atoms with Gasteiger partial charge in [-0.3, -0.25) is 0 Å². The zero-order valence-corrected chi connectivity index (χ0v) is 24.2. The van der Waals surface area contributed by atoms with Gasteiger partial charge in [-0.05, 0) is 120 Å². The number of hydrogen-bond acceptors (Lipinski definition) is 6. The van der Waals surface area contributed by atoms with Gasteiger partial charge in [-0.15, -0.1) is 0 Å². The maximum absolute atomic E-state index is 5.89. The molecule has 214 valence electrons. The molecule has 0 spiro atoms. The highest BCUT2D eigenvalue weighted by molar-refractivity contribution is 5.44. The average molecular weight is 559 g/mol. The summed E-state index contributed by atoms with van der Waals surface area (Å²) in [7, 11) is 0. The lowest BCUT2D eigenvalue weighted by molar-refractivity contribution is 0.482. The van der Waals surface area contributed by atoms with E-state index in [0.29, 0.717) is 0 Å². The Labute approximate surface area is 248 Å². The van der Waals surface area contributed by atoms with E-state index in [1.54, 1.807) is 0 Å². The van der Waals surface area contributed by atoms with Crippen LogP contribution in [0.25, 0.3) is 0 Å². The van der Waals surface area contributed by atoms with Gasteiger partial charge in [-0.2, -0.15) is 0 Å². The fraction of sp³-hybridized carbons (Fsp3) is 0.167. The Bertz CT molecular complexity index is 1460. The monoisotopic (exact) mass is 558 g/mol. The van der Waals surface area contributed by atoms with E-state index in [1.807, 2.05) is 72.8 Å². The van der Waals surface area contributed by atoms with Gasteiger partial charge in [0.2, 0.25) is 0 Å². The molecular weight excluding hydrogens is 520 g/mol. The summed E-state index contributed by atoms with van der Waals surface area (Å²) >= 11 is 0. The summed E-state index contributed by atoms with van der Waals surface area (Å²) in [5, 5.41) is 7.16. The minimum absolute atomic E-state index is 0.723. The van der Waals surface area contributed by atoms with E-state index < -0.39 is 0 Å². The van der Waals surface area contributed by atoms with E-state index in [9.17, 15) is 0 Å². The standard InChI is InChI=1S/C36H38N4O2/c1-25-19-30(24-40-22-28-5-13-34(14-6-28)42-36-17-9-32(38)10-18-36)26(2)20-29(25)23-39-21-27-3-11-33(12-4-27)41-35-15-7-31(37)8-16-35/h3-20,39-40H,21-24,37-38H2,1-2H3. The van der Waals surface area contributed by atoms with E-state index in [0.717, 1.165) is 60.6 Å². The number of benzene rings is 5. The van der Waals surface area contributed by atoms with Crippen molar-refractivity contribution in [2.24, 2.45) is 0 Å². The van der Waals surface area contributed by atoms with Crippen LogP contribution in [0.15, 0.2) is 109 Å². The Hall–Kier alpha value is -4.78. The normalized spacial score (nSPS) is 10.9. The molecule has 42 heavy (non-hydrogen) atoms. The molecular formula is C36H38N4O2. The number of rotatable bonds is 12. The van der Waals surface area contributed by atoms with Crippen LogP contribution in [0.1, 0.15) is 33.4 Å². The van der Waals surface area contributed by atoms with Crippen LogP contribution in [0.4, 0.5) is 11.4 Å². The lowest BCUT2D eigenvalue weighted by Crippen LogP contribution is -2.16. The molecule has 0 atom stereocenters. The molecule has 0 saturated carbocycles. The molecule has 0 fully saturated rings. The lowest BCUT2D eigenvalue weighted by Gasteiger charge is -2.14. The second-order valence-corrected chi connectivity index (χ2v) is 10.5. The third-order valence-corrected chi connectivity index (χ3v) is 7.16. The molecule has 0 heterocycles. The number of anilines is 2. The van der Waals surface area contributed by atoms with Crippen molar-refractivity contribution in [3.8, 4) is 23.0 Å². The van der Waals surface area contributed by atoms with Crippen molar-refractivity contribution >= 4 is 11.4 Å². The Kier molecular flexibility index (Phi) is 9.39. The van der Waals surface area contributed by atoms with Crippen molar-refractivity contribution in [3.05, 3.63) is 143 Å². The fourth-order valence-electron chi connectivity index (χ4n) is 4.69. The Morgan fingerprint density at radius 3 is 1.10 bits per heavy atom. The third kappa shape index (κ3) is 8.13. The van der Waals surface area contributed by atoms with E-state index in [2.05, 4.69) is 60.9 Å². The van der Waals surface area contributed by atoms with Gasteiger partial charge >= 0.3 is 0 Å². The summed E-state index contributed by atoms with van der Waals surface area (Å²) in [4.78, 5) is 0. The molecule has 5 aromatic carbocycles. The van der Waals surface area contributed by atoms with Crippen molar-refractivity contribution in [1.29, 1.82) is 0 Å². The number of aryl methyl sites for hydroxylation is 2. The smallest absolute Gasteiger partial charge is 0.127 e. The molecule has 0 radical (unpaired) electrons. The number of nitrogen functional groups attached to an aromatic ring is 2. The Morgan fingerprint density at radius 2 is 0.762 bits per heavy atom. The van der Waals surface area contributed by atoms with Gasteiger partial charge in [0.05, 0.1) is 0 Å². The van der Waals surface area contributed by atoms with Crippen molar-refractivity contribution in [2.75, 3.05) is 11.5 Å². The zero-order chi connectivity index (χ0) is 29.3. The number of nitrogens with one attached hydrogen (secondary N) is 2. The van der Waals surface area contributed by atoms with Crippen molar-refractivity contribution in [2.45, 2.75) is 40.0 Å². The lowest BCUT2D eigenvalue weighted by atomic mass is 9.99.